The third kappa shape index (κ3) is 2.31. The van der Waals surface area contributed by atoms with Gasteiger partial charge in [0.05, 0.1) is 6.04 Å². The van der Waals surface area contributed by atoms with E-state index in [0.29, 0.717) is 11.8 Å². The summed E-state index contributed by atoms with van der Waals surface area (Å²) in [6.07, 6.45) is 8.72. The van der Waals surface area contributed by atoms with Crippen molar-refractivity contribution in [3.8, 4) is 12.3 Å². The molecule has 4 atom stereocenters. The van der Waals surface area contributed by atoms with E-state index in [0.717, 1.165) is 12.8 Å². The van der Waals surface area contributed by atoms with Crippen LogP contribution in [0.4, 0.5) is 4.79 Å². The fraction of sp³-hybridized carbons (Fsp3) is 0.667. The molecule has 3 aliphatic rings. The first-order chi connectivity index (χ1) is 9.39. The maximum absolute atomic E-state index is 12.4. The van der Waals surface area contributed by atoms with Crippen LogP contribution in [-0.2, 0) is 4.74 Å². The van der Waals surface area contributed by atoms with E-state index in [1.54, 1.807) is 6.21 Å². The number of amidine groups is 1. The van der Waals surface area contributed by atoms with Gasteiger partial charge in [0.2, 0.25) is 0 Å². The summed E-state index contributed by atoms with van der Waals surface area (Å²) in [5, 5.41) is 0. The summed E-state index contributed by atoms with van der Waals surface area (Å²) in [6, 6.07) is -0.0803. The lowest BCUT2D eigenvalue weighted by Crippen LogP contribution is -2.45. The fourth-order valence-electron chi connectivity index (χ4n) is 2.87. The van der Waals surface area contributed by atoms with Crippen LogP contribution in [0.2, 0.25) is 0 Å². The zero-order valence-corrected chi connectivity index (χ0v) is 12.0. The first-order valence-electron chi connectivity index (χ1n) is 6.98. The molecule has 1 saturated heterocycles. The second-order valence-corrected chi connectivity index (χ2v) is 6.58. The number of amides is 1. The Bertz CT molecular complexity index is 538. The summed E-state index contributed by atoms with van der Waals surface area (Å²) in [7, 11) is 0. The smallest absolute Gasteiger partial charge is 0.411 e. The molecule has 1 saturated carbocycles. The Morgan fingerprint density at radius 3 is 2.85 bits per heavy atom. The van der Waals surface area contributed by atoms with Gasteiger partial charge in [-0.05, 0) is 39.5 Å². The van der Waals surface area contributed by atoms with Gasteiger partial charge in [-0.15, -0.1) is 6.42 Å². The molecule has 0 N–H and O–H groups in total. The van der Waals surface area contributed by atoms with E-state index in [1.807, 2.05) is 25.7 Å². The molecule has 2 fully saturated rings. The molecule has 0 bridgehead atoms. The number of hydrogen-bond donors (Lipinski definition) is 0. The third-order valence-corrected chi connectivity index (χ3v) is 3.80. The zero-order chi connectivity index (χ0) is 14.5. The maximum Gasteiger partial charge on any atom is 0.411 e. The van der Waals surface area contributed by atoms with Crippen molar-refractivity contribution in [3.63, 3.8) is 0 Å². The number of rotatable bonds is 1. The Morgan fingerprint density at radius 1 is 1.50 bits per heavy atom. The number of terminal acetylenes is 1. The highest BCUT2D eigenvalue weighted by atomic mass is 16.6. The summed E-state index contributed by atoms with van der Waals surface area (Å²) in [5.74, 6) is 3.79. The number of fused-ring (bicyclic) bond motifs is 1. The fourth-order valence-corrected chi connectivity index (χ4v) is 2.87. The minimum absolute atomic E-state index is 0.0804. The summed E-state index contributed by atoms with van der Waals surface area (Å²) in [5.41, 5.74) is -0.489. The Morgan fingerprint density at radius 2 is 2.25 bits per heavy atom. The van der Waals surface area contributed by atoms with Gasteiger partial charge in [0, 0.05) is 12.3 Å². The molecule has 3 rings (SSSR count). The minimum Gasteiger partial charge on any atom is -0.444 e. The number of hydrogen-bond acceptors (Lipinski definition) is 4. The topological polar surface area (TPSA) is 54.3 Å². The van der Waals surface area contributed by atoms with E-state index in [-0.39, 0.29) is 24.2 Å². The van der Waals surface area contributed by atoms with Gasteiger partial charge < -0.3 is 4.74 Å². The van der Waals surface area contributed by atoms with Gasteiger partial charge in [-0.25, -0.2) is 14.8 Å². The van der Waals surface area contributed by atoms with E-state index in [9.17, 15) is 4.79 Å². The second-order valence-electron chi connectivity index (χ2n) is 6.58. The molecule has 0 aromatic heterocycles. The molecule has 2 aliphatic heterocycles. The number of piperidine rings is 1. The van der Waals surface area contributed by atoms with Crippen molar-refractivity contribution >= 4 is 18.1 Å². The summed E-state index contributed by atoms with van der Waals surface area (Å²) >= 11 is 0. The molecule has 1 aliphatic carbocycles. The van der Waals surface area contributed by atoms with E-state index in [2.05, 4.69) is 15.9 Å². The molecule has 0 radical (unpaired) electrons. The highest BCUT2D eigenvalue weighted by Gasteiger charge is 2.56. The van der Waals surface area contributed by atoms with Gasteiger partial charge in [-0.1, -0.05) is 5.92 Å². The molecule has 20 heavy (non-hydrogen) atoms. The van der Waals surface area contributed by atoms with Crippen molar-refractivity contribution in [2.24, 2.45) is 15.9 Å². The van der Waals surface area contributed by atoms with E-state index in [4.69, 9.17) is 11.2 Å². The number of nitrogens with zero attached hydrogens (tertiary/aromatic N) is 3. The zero-order valence-electron chi connectivity index (χ0n) is 12.0. The summed E-state index contributed by atoms with van der Waals surface area (Å²) in [4.78, 5) is 22.9. The van der Waals surface area contributed by atoms with Gasteiger partial charge in [0.1, 0.15) is 17.5 Å². The lowest BCUT2D eigenvalue weighted by atomic mass is 10.1. The van der Waals surface area contributed by atoms with Crippen molar-refractivity contribution in [2.75, 3.05) is 0 Å². The van der Waals surface area contributed by atoms with Gasteiger partial charge in [-0.3, -0.25) is 4.90 Å². The van der Waals surface area contributed by atoms with Crippen molar-refractivity contribution < 1.29 is 9.53 Å². The van der Waals surface area contributed by atoms with Gasteiger partial charge in [0.25, 0.3) is 0 Å². The van der Waals surface area contributed by atoms with Gasteiger partial charge in [-0.2, -0.15) is 0 Å². The minimum atomic E-state index is -0.489. The van der Waals surface area contributed by atoms with Crippen LogP contribution in [0.25, 0.3) is 0 Å². The largest absolute Gasteiger partial charge is 0.444 e. The van der Waals surface area contributed by atoms with Crippen LogP contribution in [0.5, 0.6) is 0 Å². The van der Waals surface area contributed by atoms with Gasteiger partial charge in [0.15, 0.2) is 0 Å². The number of aliphatic imine (C=N–C) groups is 2. The van der Waals surface area contributed by atoms with Gasteiger partial charge >= 0.3 is 6.09 Å². The predicted molar refractivity (Wildman–Crippen MR) is 76.9 cm³/mol. The first-order valence-corrected chi connectivity index (χ1v) is 6.98. The second kappa shape index (κ2) is 4.34. The molecule has 1 unspecified atom stereocenters. The molecule has 2 heterocycles. The highest BCUT2D eigenvalue weighted by Crippen LogP contribution is 2.49. The standard InChI is InChI=1S/C15H19N3O2/c1-5-10-8-16-13(17-10)12-7-9-6-11(9)18(12)14(19)20-15(2,3)4/h1,8-12H,6-7H2,2-4H3/t9-,10?,11-,12+/m1/s1. The van der Waals surface area contributed by atoms with E-state index in [1.165, 1.54) is 0 Å². The third-order valence-electron chi connectivity index (χ3n) is 3.80. The van der Waals surface area contributed by atoms with Crippen molar-refractivity contribution in [2.45, 2.75) is 57.3 Å². The van der Waals surface area contributed by atoms with E-state index < -0.39 is 5.60 Å². The normalized spacial score (nSPS) is 34.5. The quantitative estimate of drug-likeness (QED) is 0.685. The molecule has 106 valence electrons. The Hall–Kier alpha value is -1.83. The highest BCUT2D eigenvalue weighted by molar-refractivity contribution is 6.02. The van der Waals surface area contributed by atoms with E-state index >= 15 is 0 Å². The van der Waals surface area contributed by atoms with Crippen LogP contribution in [0.15, 0.2) is 9.98 Å². The number of ether oxygens (including phenoxy) is 1. The average molecular weight is 273 g/mol. The molecule has 1 amide bonds. The monoisotopic (exact) mass is 273 g/mol. The van der Waals surface area contributed by atoms with Crippen molar-refractivity contribution in [3.05, 3.63) is 0 Å². The van der Waals surface area contributed by atoms with Crippen LogP contribution in [0, 0.1) is 18.3 Å². The SMILES string of the molecule is C#CC1C=NC([C@@H]2C[C@H]3C[C@H]3N2C(=O)OC(C)(C)C)=N1. The van der Waals surface area contributed by atoms with Crippen LogP contribution in [-0.4, -0.2) is 46.8 Å². The van der Waals surface area contributed by atoms with Crippen LogP contribution >= 0.6 is 0 Å². The molecule has 5 nitrogen and oxygen atoms in total. The number of likely N-dealkylation sites (tertiary alicyclic amines) is 1. The van der Waals surface area contributed by atoms with Crippen LogP contribution < -0.4 is 0 Å². The molecule has 5 heteroatoms. The predicted octanol–water partition coefficient (Wildman–Crippen LogP) is 1.87. The van der Waals surface area contributed by atoms with Crippen LogP contribution in [0.1, 0.15) is 33.6 Å². The lowest BCUT2D eigenvalue weighted by molar-refractivity contribution is 0.0230. The van der Waals surface area contributed by atoms with Crippen molar-refractivity contribution in [1.29, 1.82) is 0 Å². The number of carbonyl (C=O) groups excluding carboxylic acids is 1. The summed E-state index contributed by atoms with van der Waals surface area (Å²) in [6.45, 7) is 5.62. The summed E-state index contributed by atoms with van der Waals surface area (Å²) < 4.78 is 5.50. The Labute approximate surface area is 119 Å². The molecule has 0 aromatic carbocycles. The molecular weight excluding hydrogens is 254 g/mol. The molecule has 0 aromatic rings. The average Bonchev–Trinajstić information content (AvgIpc) is 2.83. The maximum atomic E-state index is 12.4. The molecular formula is C15H19N3O2. The van der Waals surface area contributed by atoms with Crippen molar-refractivity contribution in [1.82, 2.24) is 4.90 Å². The first kappa shape index (κ1) is 13.2. The van der Waals surface area contributed by atoms with Crippen LogP contribution in [0.3, 0.4) is 0 Å². The number of carbonyl (C=O) groups is 1. The Kier molecular flexibility index (Phi) is 2.86. The molecule has 0 spiro atoms. The Balaban J connectivity index is 1.77. The lowest BCUT2D eigenvalue weighted by Gasteiger charge is -2.29.